The molecule has 1 aliphatic heterocycles. The van der Waals surface area contributed by atoms with Crippen LogP contribution in [0.3, 0.4) is 0 Å². The number of carbonyl (C=O) groups excluding carboxylic acids is 2. The first-order chi connectivity index (χ1) is 15.8. The molecule has 33 heavy (non-hydrogen) atoms. The molecule has 0 saturated heterocycles. The van der Waals surface area contributed by atoms with Gasteiger partial charge in [0, 0.05) is 22.9 Å². The largest absolute Gasteiger partial charge is 0.350 e. The molecule has 0 spiro atoms. The Labute approximate surface area is 199 Å². The molecule has 0 aromatic heterocycles. The standard InChI is InChI=1S/C29H42N2O2/c1-27-9-7-22-20(3-6-24-28(22,2)10-8-25(32)30-24)21(27)4-5-23(27)26(33)31-29-14-17-11-18(15-29)13-19(12-17)16-29/h8,10,17-24H,3-7,9,11-16H2,1-2H3,(H,30,32)(H,31,33)/t17?,18?,19?,20?,21?,22?,23-,24-,27+,28-,29?/m1/s1. The molecular formula is C29H42N2O2. The fourth-order valence-electron chi connectivity index (χ4n) is 11.4. The van der Waals surface area contributed by atoms with Crippen molar-refractivity contribution >= 4 is 11.8 Å². The van der Waals surface area contributed by atoms with Gasteiger partial charge in [-0.3, -0.25) is 9.59 Å². The Hall–Kier alpha value is -1.32. The zero-order valence-corrected chi connectivity index (χ0v) is 20.6. The number of carbonyl (C=O) groups is 2. The van der Waals surface area contributed by atoms with Gasteiger partial charge in [-0.25, -0.2) is 0 Å². The molecule has 7 aliphatic carbocycles. The highest BCUT2D eigenvalue weighted by atomic mass is 16.2. The third kappa shape index (κ3) is 2.94. The first kappa shape index (κ1) is 21.0. The number of fused-ring (bicyclic) bond motifs is 5. The molecule has 4 nitrogen and oxygen atoms in total. The second kappa shape index (κ2) is 6.88. The van der Waals surface area contributed by atoms with E-state index >= 15 is 0 Å². The lowest BCUT2D eigenvalue weighted by Crippen LogP contribution is -2.62. The van der Waals surface area contributed by atoms with Crippen LogP contribution in [0.15, 0.2) is 12.2 Å². The second-order valence-corrected chi connectivity index (χ2v) is 14.1. The molecule has 2 amide bonds. The number of nitrogens with one attached hydrogen (secondary N) is 2. The van der Waals surface area contributed by atoms with E-state index in [1.165, 1.54) is 64.2 Å². The minimum absolute atomic E-state index is 0.0811. The van der Waals surface area contributed by atoms with Crippen molar-refractivity contribution < 1.29 is 9.59 Å². The number of hydrogen-bond donors (Lipinski definition) is 2. The van der Waals surface area contributed by atoms with Crippen LogP contribution in [0.2, 0.25) is 0 Å². The van der Waals surface area contributed by atoms with Crippen molar-refractivity contribution in [2.45, 2.75) is 102 Å². The van der Waals surface area contributed by atoms with E-state index in [-0.39, 0.29) is 34.2 Å². The van der Waals surface area contributed by atoms with Crippen molar-refractivity contribution in [3.63, 3.8) is 0 Å². The molecule has 3 unspecified atom stereocenters. The molecule has 7 fully saturated rings. The SMILES string of the molecule is C[C@]12CCC3C(CC[C@H]4NC(=O)C=C[C@]34C)C1CC[C@@H]2C(=O)NC12CC3CC(CC(C3)C1)C2. The fraction of sp³-hybridized carbons (Fsp3) is 0.862. The van der Waals surface area contributed by atoms with Crippen molar-refractivity contribution in [2.24, 2.45) is 52.3 Å². The third-order valence-electron chi connectivity index (χ3n) is 12.4. The summed E-state index contributed by atoms with van der Waals surface area (Å²) in [6.07, 6.45) is 19.0. The van der Waals surface area contributed by atoms with Crippen LogP contribution < -0.4 is 10.6 Å². The molecule has 8 rings (SSSR count). The Morgan fingerprint density at radius 2 is 1.64 bits per heavy atom. The first-order valence-corrected chi connectivity index (χ1v) is 14.1. The van der Waals surface area contributed by atoms with Crippen molar-refractivity contribution in [3.05, 3.63) is 12.2 Å². The molecule has 2 N–H and O–H groups in total. The van der Waals surface area contributed by atoms with Gasteiger partial charge in [0.1, 0.15) is 0 Å². The third-order valence-corrected chi connectivity index (χ3v) is 12.4. The first-order valence-electron chi connectivity index (χ1n) is 14.1. The maximum absolute atomic E-state index is 13.9. The molecule has 0 aromatic rings. The van der Waals surface area contributed by atoms with E-state index in [1.54, 1.807) is 6.08 Å². The number of hydrogen-bond acceptors (Lipinski definition) is 2. The lowest BCUT2D eigenvalue weighted by atomic mass is 9.48. The highest BCUT2D eigenvalue weighted by Gasteiger charge is 2.61. The Balaban J connectivity index is 1.11. The van der Waals surface area contributed by atoms with E-state index in [0.717, 1.165) is 30.6 Å². The summed E-state index contributed by atoms with van der Waals surface area (Å²) in [5.74, 6) is 5.30. The van der Waals surface area contributed by atoms with Gasteiger partial charge in [0.05, 0.1) is 0 Å². The van der Waals surface area contributed by atoms with E-state index in [4.69, 9.17) is 0 Å². The normalized spacial score (nSPS) is 56.0. The molecule has 4 bridgehead atoms. The summed E-state index contributed by atoms with van der Waals surface area (Å²) in [6.45, 7) is 4.86. The van der Waals surface area contributed by atoms with Gasteiger partial charge < -0.3 is 10.6 Å². The van der Waals surface area contributed by atoms with Crippen LogP contribution in [0.25, 0.3) is 0 Å². The van der Waals surface area contributed by atoms with Crippen LogP contribution in [-0.2, 0) is 9.59 Å². The summed E-state index contributed by atoms with van der Waals surface area (Å²) in [7, 11) is 0. The average Bonchev–Trinajstić information content (AvgIpc) is 3.10. The van der Waals surface area contributed by atoms with Gasteiger partial charge in [-0.1, -0.05) is 19.9 Å². The zero-order valence-electron chi connectivity index (χ0n) is 20.6. The minimum Gasteiger partial charge on any atom is -0.350 e. The fourth-order valence-corrected chi connectivity index (χ4v) is 11.4. The van der Waals surface area contributed by atoms with E-state index in [0.29, 0.717) is 23.7 Å². The summed E-state index contributed by atoms with van der Waals surface area (Å²) >= 11 is 0. The van der Waals surface area contributed by atoms with E-state index in [1.807, 2.05) is 0 Å². The smallest absolute Gasteiger partial charge is 0.243 e. The molecule has 0 radical (unpaired) electrons. The van der Waals surface area contributed by atoms with Crippen molar-refractivity contribution in [3.8, 4) is 0 Å². The van der Waals surface area contributed by atoms with Gasteiger partial charge in [-0.2, -0.15) is 0 Å². The molecule has 180 valence electrons. The molecular weight excluding hydrogens is 408 g/mol. The highest BCUT2D eigenvalue weighted by molar-refractivity contribution is 5.89. The van der Waals surface area contributed by atoms with Crippen molar-refractivity contribution in [1.29, 1.82) is 0 Å². The zero-order chi connectivity index (χ0) is 22.6. The van der Waals surface area contributed by atoms with Gasteiger partial charge in [0.25, 0.3) is 0 Å². The molecule has 1 heterocycles. The van der Waals surface area contributed by atoms with E-state index in [9.17, 15) is 9.59 Å². The predicted octanol–water partition coefficient (Wildman–Crippen LogP) is 4.98. The van der Waals surface area contributed by atoms with Crippen LogP contribution in [0.5, 0.6) is 0 Å². The van der Waals surface area contributed by atoms with Gasteiger partial charge >= 0.3 is 0 Å². The lowest BCUT2D eigenvalue weighted by Gasteiger charge is -2.59. The van der Waals surface area contributed by atoms with Gasteiger partial charge in [-0.05, 0) is 124 Å². The summed E-state index contributed by atoms with van der Waals surface area (Å²) in [6, 6.07) is 0.289. The van der Waals surface area contributed by atoms with E-state index in [2.05, 4.69) is 30.6 Å². The van der Waals surface area contributed by atoms with E-state index < -0.39 is 0 Å². The maximum Gasteiger partial charge on any atom is 0.243 e. The van der Waals surface area contributed by atoms with Crippen LogP contribution in [0.4, 0.5) is 0 Å². The molecule has 8 aliphatic rings. The summed E-state index contributed by atoms with van der Waals surface area (Å²) < 4.78 is 0. The van der Waals surface area contributed by atoms with Gasteiger partial charge in [0.2, 0.25) is 11.8 Å². The molecule has 0 aromatic carbocycles. The predicted molar refractivity (Wildman–Crippen MR) is 128 cm³/mol. The average molecular weight is 451 g/mol. The van der Waals surface area contributed by atoms with Crippen molar-refractivity contribution in [1.82, 2.24) is 10.6 Å². The van der Waals surface area contributed by atoms with Crippen LogP contribution in [0, 0.1) is 52.3 Å². The Morgan fingerprint density at radius 3 is 2.33 bits per heavy atom. The number of rotatable bonds is 2. The minimum atomic E-state index is 0.0811. The molecule has 4 heteroatoms. The monoisotopic (exact) mass is 450 g/mol. The molecule has 7 atom stereocenters. The maximum atomic E-state index is 13.9. The second-order valence-electron chi connectivity index (χ2n) is 14.1. The van der Waals surface area contributed by atoms with Gasteiger partial charge in [-0.15, -0.1) is 0 Å². The summed E-state index contributed by atoms with van der Waals surface area (Å²) in [5, 5.41) is 7.03. The number of amides is 2. The van der Waals surface area contributed by atoms with Crippen LogP contribution >= 0.6 is 0 Å². The topological polar surface area (TPSA) is 58.2 Å². The van der Waals surface area contributed by atoms with Crippen LogP contribution in [-0.4, -0.2) is 23.4 Å². The van der Waals surface area contributed by atoms with Crippen molar-refractivity contribution in [2.75, 3.05) is 0 Å². The lowest BCUT2D eigenvalue weighted by molar-refractivity contribution is -0.139. The highest BCUT2D eigenvalue weighted by Crippen LogP contribution is 2.65. The quantitative estimate of drug-likeness (QED) is 0.623. The Morgan fingerprint density at radius 1 is 0.939 bits per heavy atom. The summed E-state index contributed by atoms with van der Waals surface area (Å²) in [5.41, 5.74) is 0.365. The van der Waals surface area contributed by atoms with Gasteiger partial charge in [0.15, 0.2) is 0 Å². The van der Waals surface area contributed by atoms with Crippen LogP contribution in [0.1, 0.15) is 90.9 Å². The Bertz CT molecular complexity index is 874. The molecule has 7 saturated carbocycles. The Kier molecular flexibility index (Phi) is 4.38. The summed E-state index contributed by atoms with van der Waals surface area (Å²) in [4.78, 5) is 25.9.